The summed E-state index contributed by atoms with van der Waals surface area (Å²) in [5.41, 5.74) is 1.93. The third-order valence-corrected chi connectivity index (χ3v) is 8.29. The SMILES string of the molecule is C=CCCCCC(=O)N(CCc1cccc(OC)c1)[C@@H]1CC(C(=O)NCCO)=C[C@H](Oc2c(I)cc(CO)cc2OC)[C@H]1O. The standard InChI is InChI=1S/C33H43IN2O8/c1-4-5-6-7-11-30(39)36(14-12-22-9-8-10-25(16-22)42-2)27-19-24(33(41)35-13-15-37)20-28(31(27)40)44-32-26(34)17-23(21-38)18-29(32)43-3/h4,8-10,16-18,20,27-28,31,37-38,40H,1,5-7,11-15,19,21H2,2-3H3,(H,35,41)/t27-,28+,31+/m1/s1. The number of allylic oxidation sites excluding steroid dienone is 1. The maximum atomic E-state index is 13.8. The number of hydrogen-bond acceptors (Lipinski definition) is 8. The van der Waals surface area contributed by atoms with Crippen LogP contribution in [0.25, 0.3) is 0 Å². The molecule has 0 unspecified atom stereocenters. The molecule has 3 rings (SSSR count). The molecule has 0 spiro atoms. The molecular formula is C33H43IN2O8. The molecule has 0 bridgehead atoms. The van der Waals surface area contributed by atoms with Gasteiger partial charge < -0.3 is 39.7 Å². The zero-order valence-corrected chi connectivity index (χ0v) is 27.5. The van der Waals surface area contributed by atoms with Gasteiger partial charge in [-0.15, -0.1) is 6.58 Å². The number of aliphatic hydroxyl groups excluding tert-OH is 3. The van der Waals surface area contributed by atoms with Crippen molar-refractivity contribution in [2.24, 2.45) is 0 Å². The zero-order valence-electron chi connectivity index (χ0n) is 25.3. The minimum Gasteiger partial charge on any atom is -0.497 e. The lowest BCUT2D eigenvalue weighted by Crippen LogP contribution is -2.55. The molecule has 10 nitrogen and oxygen atoms in total. The van der Waals surface area contributed by atoms with Crippen molar-refractivity contribution in [2.45, 2.75) is 63.4 Å². The smallest absolute Gasteiger partial charge is 0.247 e. The Morgan fingerprint density at radius 3 is 2.61 bits per heavy atom. The second-order valence-electron chi connectivity index (χ2n) is 10.5. The van der Waals surface area contributed by atoms with Crippen LogP contribution in [-0.4, -0.2) is 84.2 Å². The van der Waals surface area contributed by atoms with Crippen LogP contribution < -0.4 is 19.5 Å². The van der Waals surface area contributed by atoms with Crippen molar-refractivity contribution in [3.8, 4) is 17.2 Å². The van der Waals surface area contributed by atoms with Gasteiger partial charge in [-0.2, -0.15) is 0 Å². The van der Waals surface area contributed by atoms with E-state index < -0.39 is 24.2 Å². The highest BCUT2D eigenvalue weighted by Gasteiger charge is 2.40. The number of ether oxygens (including phenoxy) is 3. The molecule has 0 fully saturated rings. The largest absolute Gasteiger partial charge is 0.497 e. The third kappa shape index (κ3) is 9.68. The number of aliphatic hydroxyl groups is 3. The number of amides is 2. The van der Waals surface area contributed by atoms with E-state index in [1.807, 2.05) is 30.3 Å². The normalized spacial score (nSPS) is 17.8. The third-order valence-electron chi connectivity index (χ3n) is 7.49. The Labute approximate surface area is 272 Å². The van der Waals surface area contributed by atoms with Crippen LogP contribution in [0.2, 0.25) is 0 Å². The summed E-state index contributed by atoms with van der Waals surface area (Å²) in [4.78, 5) is 28.6. The topological polar surface area (TPSA) is 138 Å². The molecule has 11 heteroatoms. The summed E-state index contributed by atoms with van der Waals surface area (Å²) in [6.45, 7) is 3.71. The van der Waals surface area contributed by atoms with Crippen LogP contribution in [0.3, 0.4) is 0 Å². The molecule has 1 aliphatic rings. The van der Waals surface area contributed by atoms with E-state index in [2.05, 4.69) is 34.5 Å². The van der Waals surface area contributed by atoms with E-state index in [-0.39, 0.29) is 38.5 Å². The molecule has 2 amide bonds. The summed E-state index contributed by atoms with van der Waals surface area (Å²) in [6, 6.07) is 10.2. The molecule has 0 radical (unpaired) electrons. The van der Waals surface area contributed by atoms with E-state index >= 15 is 0 Å². The van der Waals surface area contributed by atoms with Crippen LogP contribution in [-0.2, 0) is 22.6 Å². The van der Waals surface area contributed by atoms with E-state index in [0.29, 0.717) is 51.3 Å². The van der Waals surface area contributed by atoms with Crippen LogP contribution >= 0.6 is 22.6 Å². The number of hydrogen-bond donors (Lipinski definition) is 4. The minimum absolute atomic E-state index is 0.0606. The molecule has 0 saturated carbocycles. The Kier molecular flexibility index (Phi) is 14.5. The van der Waals surface area contributed by atoms with Crippen LogP contribution in [0.15, 0.2) is 60.7 Å². The quantitative estimate of drug-likeness (QED) is 0.111. The Hall–Kier alpha value is -3.13. The molecule has 0 aliphatic heterocycles. The van der Waals surface area contributed by atoms with Crippen molar-refractivity contribution in [2.75, 3.05) is 33.9 Å². The first-order valence-corrected chi connectivity index (χ1v) is 15.8. The van der Waals surface area contributed by atoms with E-state index in [1.54, 1.807) is 30.2 Å². The fraction of sp³-hybridized carbons (Fsp3) is 0.455. The van der Waals surface area contributed by atoms with E-state index in [1.165, 1.54) is 7.11 Å². The molecule has 0 saturated heterocycles. The molecule has 44 heavy (non-hydrogen) atoms. The van der Waals surface area contributed by atoms with Gasteiger partial charge in [-0.1, -0.05) is 18.2 Å². The highest BCUT2D eigenvalue weighted by Crippen LogP contribution is 2.37. The summed E-state index contributed by atoms with van der Waals surface area (Å²) in [5.74, 6) is 0.880. The van der Waals surface area contributed by atoms with Gasteiger partial charge in [-0.25, -0.2) is 0 Å². The number of methoxy groups -OCH3 is 2. The van der Waals surface area contributed by atoms with Gasteiger partial charge in [0.15, 0.2) is 11.5 Å². The number of carbonyl (C=O) groups excluding carboxylic acids is 2. The van der Waals surface area contributed by atoms with Crippen LogP contribution in [0.4, 0.5) is 0 Å². The number of benzene rings is 2. The lowest BCUT2D eigenvalue weighted by molar-refractivity contribution is -0.138. The molecule has 240 valence electrons. The average Bonchev–Trinajstić information content (AvgIpc) is 3.04. The summed E-state index contributed by atoms with van der Waals surface area (Å²) in [7, 11) is 3.08. The number of nitrogens with zero attached hydrogens (tertiary/aromatic N) is 1. The predicted molar refractivity (Wildman–Crippen MR) is 176 cm³/mol. The first-order valence-electron chi connectivity index (χ1n) is 14.7. The Bertz CT molecular complexity index is 1300. The van der Waals surface area contributed by atoms with Gasteiger partial charge >= 0.3 is 0 Å². The molecule has 2 aromatic carbocycles. The number of halogens is 1. The second kappa shape index (κ2) is 18.0. The van der Waals surface area contributed by atoms with Gasteiger partial charge in [0.25, 0.3) is 0 Å². The average molecular weight is 723 g/mol. The Morgan fingerprint density at radius 1 is 1.14 bits per heavy atom. The summed E-state index contributed by atoms with van der Waals surface area (Å²) in [5, 5.41) is 33.4. The lowest BCUT2D eigenvalue weighted by atomic mass is 9.87. The van der Waals surface area contributed by atoms with E-state index in [0.717, 1.165) is 18.4 Å². The van der Waals surface area contributed by atoms with Gasteiger partial charge in [0, 0.05) is 31.5 Å². The lowest BCUT2D eigenvalue weighted by Gasteiger charge is -2.41. The van der Waals surface area contributed by atoms with Crippen molar-refractivity contribution in [3.63, 3.8) is 0 Å². The molecule has 0 aromatic heterocycles. The van der Waals surface area contributed by atoms with Gasteiger partial charge in [0.1, 0.15) is 18.0 Å². The highest BCUT2D eigenvalue weighted by molar-refractivity contribution is 14.1. The minimum atomic E-state index is -1.18. The maximum absolute atomic E-state index is 13.8. The molecule has 2 aromatic rings. The van der Waals surface area contributed by atoms with Crippen molar-refractivity contribution < 1.29 is 39.1 Å². The van der Waals surface area contributed by atoms with Gasteiger partial charge in [0.2, 0.25) is 11.8 Å². The fourth-order valence-electron chi connectivity index (χ4n) is 5.16. The summed E-state index contributed by atoms with van der Waals surface area (Å²) in [6.07, 6.45) is 4.38. The number of nitrogens with one attached hydrogen (secondary N) is 1. The highest BCUT2D eigenvalue weighted by atomic mass is 127. The van der Waals surface area contributed by atoms with Gasteiger partial charge in [0.05, 0.1) is 37.0 Å². The van der Waals surface area contributed by atoms with E-state index in [9.17, 15) is 24.9 Å². The molecule has 3 atom stereocenters. The first kappa shape index (κ1) is 35.4. The maximum Gasteiger partial charge on any atom is 0.247 e. The summed E-state index contributed by atoms with van der Waals surface area (Å²) >= 11 is 2.07. The van der Waals surface area contributed by atoms with Crippen molar-refractivity contribution in [1.29, 1.82) is 0 Å². The molecular weight excluding hydrogens is 679 g/mol. The molecule has 0 heterocycles. The van der Waals surface area contributed by atoms with Crippen molar-refractivity contribution in [1.82, 2.24) is 10.2 Å². The van der Waals surface area contributed by atoms with Crippen molar-refractivity contribution in [3.05, 3.63) is 75.4 Å². The monoisotopic (exact) mass is 722 g/mol. The summed E-state index contributed by atoms with van der Waals surface area (Å²) < 4.78 is 17.9. The Balaban J connectivity index is 1.98. The zero-order chi connectivity index (χ0) is 32.1. The number of unbranched alkanes of at least 4 members (excludes halogenated alkanes) is 2. The molecule has 4 N–H and O–H groups in total. The van der Waals surface area contributed by atoms with Crippen molar-refractivity contribution >= 4 is 34.4 Å². The first-order chi connectivity index (χ1) is 21.3. The second-order valence-corrected chi connectivity index (χ2v) is 11.7. The van der Waals surface area contributed by atoms with Gasteiger partial charge in [-0.05, 0) is 89.7 Å². The van der Waals surface area contributed by atoms with Crippen LogP contribution in [0.5, 0.6) is 17.2 Å². The van der Waals surface area contributed by atoms with Gasteiger partial charge in [-0.3, -0.25) is 9.59 Å². The van der Waals surface area contributed by atoms with E-state index in [4.69, 9.17) is 14.2 Å². The fourth-order valence-corrected chi connectivity index (χ4v) is 5.95. The van der Waals surface area contributed by atoms with Crippen LogP contribution in [0.1, 0.15) is 43.2 Å². The Morgan fingerprint density at radius 2 is 1.93 bits per heavy atom. The predicted octanol–water partition coefficient (Wildman–Crippen LogP) is 3.53. The number of rotatable bonds is 17. The molecule has 1 aliphatic carbocycles. The number of carbonyl (C=O) groups is 2. The van der Waals surface area contributed by atoms with Crippen LogP contribution in [0, 0.1) is 3.57 Å².